The molecule has 2 N–H and O–H groups in total. The van der Waals surface area contributed by atoms with Gasteiger partial charge < -0.3 is 10.4 Å². The molecule has 0 radical (unpaired) electrons. The summed E-state index contributed by atoms with van der Waals surface area (Å²) < 4.78 is 0. The van der Waals surface area contributed by atoms with Gasteiger partial charge in [-0.05, 0) is 24.6 Å². The topological polar surface area (TPSA) is 62.2 Å². The van der Waals surface area contributed by atoms with E-state index in [2.05, 4.69) is 10.3 Å². The van der Waals surface area contributed by atoms with Crippen molar-refractivity contribution in [1.29, 1.82) is 0 Å². The third-order valence-electron chi connectivity index (χ3n) is 2.53. The van der Waals surface area contributed by atoms with Crippen LogP contribution in [0.3, 0.4) is 0 Å². The molecule has 18 heavy (non-hydrogen) atoms. The summed E-state index contributed by atoms with van der Waals surface area (Å²) in [5.74, 6) is -1.01. The highest BCUT2D eigenvalue weighted by Crippen LogP contribution is 2.29. The van der Waals surface area contributed by atoms with Crippen LogP contribution in [-0.2, 0) is 0 Å². The highest BCUT2D eigenvalue weighted by atomic mass is 35.5. The number of aromatic carboxylic acids is 1. The molecule has 0 aliphatic rings. The normalized spacial score (nSPS) is 10.1. The number of aryl methyl sites for hydroxylation is 1. The van der Waals surface area contributed by atoms with Crippen molar-refractivity contribution in [3.63, 3.8) is 0 Å². The van der Waals surface area contributed by atoms with Gasteiger partial charge in [-0.2, -0.15) is 0 Å². The quantitative estimate of drug-likeness (QED) is 0.889. The Morgan fingerprint density at radius 3 is 2.83 bits per heavy atom. The van der Waals surface area contributed by atoms with Gasteiger partial charge in [0.05, 0.1) is 28.2 Å². The summed E-state index contributed by atoms with van der Waals surface area (Å²) in [5.41, 5.74) is 2.20. The van der Waals surface area contributed by atoms with Crippen molar-refractivity contribution >= 4 is 28.9 Å². The van der Waals surface area contributed by atoms with Crippen LogP contribution >= 0.6 is 11.6 Å². The number of benzene rings is 1. The highest BCUT2D eigenvalue weighted by Gasteiger charge is 2.11. The molecule has 4 nitrogen and oxygen atoms in total. The van der Waals surface area contributed by atoms with E-state index in [1.807, 2.05) is 19.1 Å². The number of rotatable bonds is 3. The fraction of sp³-hybridized carbons (Fsp3) is 0.0769. The molecule has 1 aromatic carbocycles. The number of anilines is 2. The van der Waals surface area contributed by atoms with E-state index in [1.165, 1.54) is 18.5 Å². The van der Waals surface area contributed by atoms with E-state index in [0.29, 0.717) is 16.4 Å². The molecule has 0 saturated carbocycles. The van der Waals surface area contributed by atoms with Crippen LogP contribution in [0, 0.1) is 6.92 Å². The Labute approximate surface area is 109 Å². The van der Waals surface area contributed by atoms with Gasteiger partial charge in [-0.25, -0.2) is 4.79 Å². The molecular formula is C13H11ClN2O2. The Morgan fingerprint density at radius 2 is 2.17 bits per heavy atom. The van der Waals surface area contributed by atoms with Gasteiger partial charge in [-0.3, -0.25) is 4.98 Å². The predicted molar refractivity (Wildman–Crippen MR) is 70.7 cm³/mol. The minimum absolute atomic E-state index is 0.157. The Balaban J connectivity index is 2.43. The molecule has 2 rings (SSSR count). The zero-order valence-electron chi connectivity index (χ0n) is 9.64. The van der Waals surface area contributed by atoms with Gasteiger partial charge >= 0.3 is 5.97 Å². The molecule has 1 heterocycles. The predicted octanol–water partition coefficient (Wildman–Crippen LogP) is 3.49. The molecule has 0 spiro atoms. The number of hydrogen-bond acceptors (Lipinski definition) is 3. The third-order valence-corrected chi connectivity index (χ3v) is 2.85. The zero-order valence-corrected chi connectivity index (χ0v) is 10.4. The van der Waals surface area contributed by atoms with Gasteiger partial charge in [0.15, 0.2) is 0 Å². The van der Waals surface area contributed by atoms with E-state index < -0.39 is 5.97 Å². The number of para-hydroxylation sites is 1. The Hall–Kier alpha value is -2.07. The number of halogens is 1. The summed E-state index contributed by atoms with van der Waals surface area (Å²) >= 11 is 6.08. The maximum Gasteiger partial charge on any atom is 0.337 e. The first-order valence-corrected chi connectivity index (χ1v) is 5.67. The summed E-state index contributed by atoms with van der Waals surface area (Å²) in [7, 11) is 0. The maximum atomic E-state index is 11.1. The van der Waals surface area contributed by atoms with E-state index >= 15 is 0 Å². The summed E-state index contributed by atoms with van der Waals surface area (Å²) in [4.78, 5) is 15.0. The number of aromatic nitrogens is 1. The monoisotopic (exact) mass is 262 g/mol. The second kappa shape index (κ2) is 5.06. The van der Waals surface area contributed by atoms with Crippen LogP contribution in [0.1, 0.15) is 15.9 Å². The van der Waals surface area contributed by atoms with E-state index in [0.717, 1.165) is 5.56 Å². The van der Waals surface area contributed by atoms with E-state index in [-0.39, 0.29) is 5.56 Å². The first kappa shape index (κ1) is 12.4. The van der Waals surface area contributed by atoms with Crippen molar-refractivity contribution in [3.8, 4) is 0 Å². The van der Waals surface area contributed by atoms with Crippen molar-refractivity contribution in [1.82, 2.24) is 4.98 Å². The largest absolute Gasteiger partial charge is 0.478 e. The van der Waals surface area contributed by atoms with Crippen molar-refractivity contribution in [3.05, 3.63) is 52.8 Å². The van der Waals surface area contributed by atoms with Crippen molar-refractivity contribution in [2.24, 2.45) is 0 Å². The fourth-order valence-electron chi connectivity index (χ4n) is 1.61. The molecule has 0 bridgehead atoms. The van der Waals surface area contributed by atoms with E-state index in [1.54, 1.807) is 6.07 Å². The molecule has 0 aliphatic carbocycles. The fourth-order valence-corrected chi connectivity index (χ4v) is 1.87. The number of carbonyl (C=O) groups is 1. The van der Waals surface area contributed by atoms with Crippen molar-refractivity contribution < 1.29 is 9.90 Å². The summed E-state index contributed by atoms with van der Waals surface area (Å²) in [6, 6.07) is 6.92. The molecule has 0 fully saturated rings. The second-order valence-electron chi connectivity index (χ2n) is 3.78. The molecule has 92 valence electrons. The summed E-state index contributed by atoms with van der Waals surface area (Å²) in [6.07, 6.45) is 2.90. The molecule has 0 unspecified atom stereocenters. The molecule has 0 aliphatic heterocycles. The van der Waals surface area contributed by atoms with E-state index in [9.17, 15) is 4.79 Å². The van der Waals surface area contributed by atoms with Crippen LogP contribution in [0.4, 0.5) is 11.4 Å². The number of nitrogens with one attached hydrogen (secondary N) is 1. The molecule has 0 amide bonds. The average molecular weight is 263 g/mol. The Bertz CT molecular complexity index is 579. The standard InChI is InChI=1S/C13H11ClN2O2/c1-8-3-2-4-10(14)12(8)16-11-7-15-6-5-9(11)13(17)18/h2-7,16H,1H3,(H,17,18). The third kappa shape index (κ3) is 2.43. The minimum atomic E-state index is -1.01. The maximum absolute atomic E-state index is 11.1. The summed E-state index contributed by atoms with van der Waals surface area (Å²) in [5, 5.41) is 12.6. The zero-order chi connectivity index (χ0) is 13.1. The highest BCUT2D eigenvalue weighted by molar-refractivity contribution is 6.33. The number of hydrogen-bond donors (Lipinski definition) is 2. The van der Waals surface area contributed by atoms with Crippen LogP contribution < -0.4 is 5.32 Å². The Kier molecular flexibility index (Phi) is 3.48. The lowest BCUT2D eigenvalue weighted by atomic mass is 10.1. The van der Waals surface area contributed by atoms with Gasteiger partial charge in [0.2, 0.25) is 0 Å². The minimum Gasteiger partial charge on any atom is -0.478 e. The first-order chi connectivity index (χ1) is 8.59. The van der Waals surface area contributed by atoms with Gasteiger partial charge in [0, 0.05) is 6.20 Å². The van der Waals surface area contributed by atoms with Crippen LogP contribution in [0.25, 0.3) is 0 Å². The van der Waals surface area contributed by atoms with Crippen LogP contribution in [-0.4, -0.2) is 16.1 Å². The smallest absolute Gasteiger partial charge is 0.337 e. The number of pyridine rings is 1. The average Bonchev–Trinajstić information content (AvgIpc) is 2.34. The lowest BCUT2D eigenvalue weighted by Crippen LogP contribution is -2.04. The van der Waals surface area contributed by atoms with Crippen LogP contribution in [0.2, 0.25) is 5.02 Å². The van der Waals surface area contributed by atoms with Crippen LogP contribution in [0.15, 0.2) is 36.7 Å². The lowest BCUT2D eigenvalue weighted by Gasteiger charge is -2.12. The molecule has 1 aromatic heterocycles. The van der Waals surface area contributed by atoms with Gasteiger partial charge in [-0.15, -0.1) is 0 Å². The van der Waals surface area contributed by atoms with Gasteiger partial charge in [0.1, 0.15) is 0 Å². The Morgan fingerprint density at radius 1 is 1.39 bits per heavy atom. The number of nitrogens with zero attached hydrogens (tertiary/aromatic N) is 1. The van der Waals surface area contributed by atoms with Gasteiger partial charge in [0.25, 0.3) is 0 Å². The van der Waals surface area contributed by atoms with E-state index in [4.69, 9.17) is 16.7 Å². The molecule has 0 saturated heterocycles. The lowest BCUT2D eigenvalue weighted by molar-refractivity contribution is 0.0698. The molecular weight excluding hydrogens is 252 g/mol. The SMILES string of the molecule is Cc1cccc(Cl)c1Nc1cnccc1C(=O)O. The van der Waals surface area contributed by atoms with Crippen molar-refractivity contribution in [2.75, 3.05) is 5.32 Å². The summed E-state index contributed by atoms with van der Waals surface area (Å²) in [6.45, 7) is 1.89. The molecule has 5 heteroatoms. The van der Waals surface area contributed by atoms with Gasteiger partial charge in [-0.1, -0.05) is 23.7 Å². The number of carboxylic acids is 1. The number of carboxylic acid groups (broad SMARTS) is 1. The molecule has 2 aromatic rings. The molecule has 0 atom stereocenters. The second-order valence-corrected chi connectivity index (χ2v) is 4.19. The van der Waals surface area contributed by atoms with Crippen molar-refractivity contribution in [2.45, 2.75) is 6.92 Å². The van der Waals surface area contributed by atoms with Crippen LogP contribution in [0.5, 0.6) is 0 Å². The first-order valence-electron chi connectivity index (χ1n) is 5.29.